The lowest BCUT2D eigenvalue weighted by Crippen LogP contribution is -2.17. The van der Waals surface area contributed by atoms with Gasteiger partial charge in [0.1, 0.15) is 0 Å². The van der Waals surface area contributed by atoms with Crippen molar-refractivity contribution in [2.45, 2.75) is 13.3 Å². The molecule has 1 aromatic heterocycles. The van der Waals surface area contributed by atoms with E-state index in [1.165, 1.54) is 17.4 Å². The number of methoxy groups -OCH3 is 2. The van der Waals surface area contributed by atoms with Gasteiger partial charge in [-0.3, -0.25) is 14.8 Å². The van der Waals surface area contributed by atoms with Gasteiger partial charge in [0.05, 0.1) is 30.2 Å². The minimum atomic E-state index is -3.43. The topological polar surface area (TPSA) is 107 Å². The molecule has 3 rings (SSSR count). The van der Waals surface area contributed by atoms with E-state index in [1.807, 2.05) is 0 Å². The van der Waals surface area contributed by atoms with Crippen molar-refractivity contribution in [1.82, 2.24) is 4.98 Å². The summed E-state index contributed by atoms with van der Waals surface area (Å²) in [7, 11) is -0.339. The van der Waals surface area contributed by atoms with Gasteiger partial charge < -0.3 is 9.47 Å². The zero-order valence-electron chi connectivity index (χ0n) is 16.2. The fraction of sp³-hybridized carbons (Fsp3) is 0.263. The van der Waals surface area contributed by atoms with Gasteiger partial charge >= 0.3 is 0 Å². The van der Waals surface area contributed by atoms with Crippen molar-refractivity contribution in [2.24, 2.45) is 0 Å². The molecule has 2 aromatic carbocycles. The average molecular weight is 436 g/mol. The predicted octanol–water partition coefficient (Wildman–Crippen LogP) is 3.72. The Morgan fingerprint density at radius 2 is 1.86 bits per heavy atom. The van der Waals surface area contributed by atoms with E-state index in [2.05, 4.69) is 15.0 Å². The van der Waals surface area contributed by atoms with E-state index in [1.54, 1.807) is 51.5 Å². The summed E-state index contributed by atoms with van der Waals surface area (Å²) >= 11 is 1.30. The highest BCUT2D eigenvalue weighted by molar-refractivity contribution is 7.92. The van der Waals surface area contributed by atoms with Gasteiger partial charge in [-0.1, -0.05) is 24.3 Å². The lowest BCUT2D eigenvalue weighted by Gasteiger charge is -2.08. The lowest BCUT2D eigenvalue weighted by atomic mass is 10.2. The Bertz CT molecular complexity index is 1100. The number of rotatable bonds is 8. The first-order valence-electron chi connectivity index (χ1n) is 8.79. The molecule has 10 heteroatoms. The molecule has 29 heavy (non-hydrogen) atoms. The average Bonchev–Trinajstić information content (AvgIpc) is 3.07. The molecule has 0 saturated carbocycles. The van der Waals surface area contributed by atoms with E-state index in [0.717, 1.165) is 4.70 Å². The zero-order valence-corrected chi connectivity index (χ0v) is 17.8. The van der Waals surface area contributed by atoms with Crippen LogP contribution in [-0.2, 0) is 10.0 Å². The van der Waals surface area contributed by atoms with Crippen molar-refractivity contribution in [1.29, 1.82) is 0 Å². The van der Waals surface area contributed by atoms with Crippen molar-refractivity contribution in [3.63, 3.8) is 0 Å². The maximum atomic E-state index is 12.6. The number of hydrogen-bond donors (Lipinski definition) is 2. The summed E-state index contributed by atoms with van der Waals surface area (Å²) in [6.45, 7) is 1.78. The number of carbonyl (C=O) groups is 1. The van der Waals surface area contributed by atoms with Crippen molar-refractivity contribution in [2.75, 3.05) is 30.0 Å². The van der Waals surface area contributed by atoms with Gasteiger partial charge in [-0.2, -0.15) is 0 Å². The van der Waals surface area contributed by atoms with E-state index in [4.69, 9.17) is 9.47 Å². The second-order valence-electron chi connectivity index (χ2n) is 6.15. The van der Waals surface area contributed by atoms with Crippen LogP contribution >= 0.6 is 11.3 Å². The zero-order chi connectivity index (χ0) is 21.0. The number of hydrogen-bond acceptors (Lipinski definition) is 7. The standard InChI is InChI=1S/C19H21N3O5S2/c1-4-8-29(24,25)22-13-7-5-6-12(9-13)18(23)21-19-20-14-10-15(26-2)16(27-3)11-17(14)28-19/h5-7,9-11,22H,4,8H2,1-3H3,(H,20,21,23). The maximum Gasteiger partial charge on any atom is 0.257 e. The fourth-order valence-corrected chi connectivity index (χ4v) is 4.70. The highest BCUT2D eigenvalue weighted by Crippen LogP contribution is 2.36. The molecule has 3 aromatic rings. The molecule has 0 aliphatic carbocycles. The van der Waals surface area contributed by atoms with Crippen LogP contribution in [0.3, 0.4) is 0 Å². The molecule has 154 valence electrons. The van der Waals surface area contributed by atoms with Gasteiger partial charge in [0.25, 0.3) is 5.91 Å². The summed E-state index contributed by atoms with van der Waals surface area (Å²) in [5.74, 6) is 0.755. The molecule has 1 heterocycles. The number of benzene rings is 2. The summed E-state index contributed by atoms with van der Waals surface area (Å²) in [5.41, 5.74) is 1.32. The molecule has 0 saturated heterocycles. The lowest BCUT2D eigenvalue weighted by molar-refractivity contribution is 0.102. The summed E-state index contributed by atoms with van der Waals surface area (Å²) in [6, 6.07) is 9.84. The van der Waals surface area contributed by atoms with E-state index >= 15 is 0 Å². The van der Waals surface area contributed by atoms with Crippen LogP contribution in [-0.4, -0.2) is 39.3 Å². The van der Waals surface area contributed by atoms with Crippen LogP contribution in [0, 0.1) is 0 Å². The predicted molar refractivity (Wildman–Crippen MR) is 115 cm³/mol. The first-order valence-corrected chi connectivity index (χ1v) is 11.3. The number of amides is 1. The Labute approximate surface area is 172 Å². The molecule has 0 atom stereocenters. The van der Waals surface area contributed by atoms with E-state index < -0.39 is 10.0 Å². The summed E-state index contributed by atoms with van der Waals surface area (Å²) in [5, 5.41) is 3.16. The van der Waals surface area contributed by atoms with E-state index in [9.17, 15) is 13.2 Å². The van der Waals surface area contributed by atoms with Gasteiger partial charge in [-0.15, -0.1) is 0 Å². The van der Waals surface area contributed by atoms with Crippen molar-refractivity contribution < 1.29 is 22.7 Å². The number of aromatic nitrogens is 1. The van der Waals surface area contributed by atoms with Crippen LogP contribution in [0.2, 0.25) is 0 Å². The van der Waals surface area contributed by atoms with Crippen molar-refractivity contribution in [3.8, 4) is 11.5 Å². The fourth-order valence-electron chi connectivity index (χ4n) is 2.70. The minimum Gasteiger partial charge on any atom is -0.493 e. The number of anilines is 2. The quantitative estimate of drug-likeness (QED) is 0.559. The van der Waals surface area contributed by atoms with Crippen LogP contribution in [0.5, 0.6) is 11.5 Å². The van der Waals surface area contributed by atoms with Crippen LogP contribution in [0.4, 0.5) is 10.8 Å². The number of carbonyl (C=O) groups excluding carboxylic acids is 1. The molecule has 8 nitrogen and oxygen atoms in total. The number of thiazole rings is 1. The number of sulfonamides is 1. The molecule has 0 spiro atoms. The smallest absolute Gasteiger partial charge is 0.257 e. The molecule has 0 aliphatic heterocycles. The van der Waals surface area contributed by atoms with E-state index in [0.29, 0.717) is 39.8 Å². The van der Waals surface area contributed by atoms with Gasteiger partial charge in [-0.05, 0) is 24.6 Å². The Hall–Kier alpha value is -2.85. The largest absolute Gasteiger partial charge is 0.493 e. The molecule has 1 amide bonds. The number of nitrogens with one attached hydrogen (secondary N) is 2. The van der Waals surface area contributed by atoms with Crippen LogP contribution in [0.15, 0.2) is 36.4 Å². The molecular formula is C19H21N3O5S2. The normalized spacial score (nSPS) is 11.3. The second-order valence-corrected chi connectivity index (χ2v) is 9.02. The second kappa shape index (κ2) is 8.66. The van der Waals surface area contributed by atoms with Crippen molar-refractivity contribution >= 4 is 48.3 Å². The highest BCUT2D eigenvalue weighted by atomic mass is 32.2. The number of nitrogens with zero attached hydrogens (tertiary/aromatic N) is 1. The SMILES string of the molecule is CCCS(=O)(=O)Nc1cccc(C(=O)Nc2nc3cc(OC)c(OC)cc3s2)c1. The Morgan fingerprint density at radius 3 is 2.55 bits per heavy atom. The third kappa shape index (κ3) is 4.96. The number of ether oxygens (including phenoxy) is 2. The van der Waals surface area contributed by atoms with Crippen molar-refractivity contribution in [3.05, 3.63) is 42.0 Å². The molecule has 0 fully saturated rings. The van der Waals surface area contributed by atoms with Gasteiger partial charge in [0.15, 0.2) is 16.6 Å². The third-order valence-corrected chi connectivity index (χ3v) is 6.41. The number of fused-ring (bicyclic) bond motifs is 1. The van der Waals surface area contributed by atoms with Gasteiger partial charge in [-0.25, -0.2) is 13.4 Å². The molecule has 0 radical (unpaired) electrons. The Balaban J connectivity index is 1.80. The van der Waals surface area contributed by atoms with Gasteiger partial charge in [0.2, 0.25) is 10.0 Å². The molecule has 2 N–H and O–H groups in total. The van der Waals surface area contributed by atoms with Gasteiger partial charge in [0, 0.05) is 23.4 Å². The first-order chi connectivity index (χ1) is 13.8. The third-order valence-electron chi connectivity index (χ3n) is 3.99. The Kier molecular flexibility index (Phi) is 6.23. The van der Waals surface area contributed by atoms with Crippen LogP contribution < -0.4 is 19.5 Å². The molecule has 0 unspecified atom stereocenters. The highest BCUT2D eigenvalue weighted by Gasteiger charge is 2.15. The molecule has 0 bridgehead atoms. The van der Waals surface area contributed by atoms with Crippen LogP contribution in [0.25, 0.3) is 10.2 Å². The maximum absolute atomic E-state index is 12.6. The summed E-state index contributed by atoms with van der Waals surface area (Å²) < 4.78 is 37.7. The molecule has 0 aliphatic rings. The summed E-state index contributed by atoms with van der Waals surface area (Å²) in [6.07, 6.45) is 0.503. The van der Waals surface area contributed by atoms with Crippen LogP contribution in [0.1, 0.15) is 23.7 Å². The minimum absolute atomic E-state index is 0.0159. The Morgan fingerprint density at radius 1 is 1.14 bits per heavy atom. The first kappa shape index (κ1) is 20.9. The molecular weight excluding hydrogens is 414 g/mol. The summed E-state index contributed by atoms with van der Waals surface area (Å²) in [4.78, 5) is 17.0. The van der Waals surface area contributed by atoms with E-state index in [-0.39, 0.29) is 11.7 Å². The monoisotopic (exact) mass is 435 g/mol.